The molecule has 0 aliphatic rings. The van der Waals surface area contributed by atoms with Crippen LogP contribution in [0.4, 0.5) is 10.1 Å². The standard InChI is InChI=1S/C28H23BrFN5O2/c1-17(2)27-33-24-11-10-19(29)12-23(24)28(37)35(27)31-14-18-15-34(25-9-4-3-8-22(18)25)16-26(36)32-21-7-5-6-20(30)13-21/h3-15,17H,16H2,1-2H3,(H,32,36). The van der Waals surface area contributed by atoms with E-state index in [-0.39, 0.29) is 23.9 Å². The molecule has 1 amide bonds. The first kappa shape index (κ1) is 24.6. The molecule has 2 heterocycles. The molecule has 0 saturated carbocycles. The van der Waals surface area contributed by atoms with Gasteiger partial charge >= 0.3 is 0 Å². The molecule has 37 heavy (non-hydrogen) atoms. The third-order valence-electron chi connectivity index (χ3n) is 5.90. The quantitative estimate of drug-likeness (QED) is 0.263. The first-order valence-corrected chi connectivity index (χ1v) is 12.5. The van der Waals surface area contributed by atoms with Crippen molar-refractivity contribution in [2.45, 2.75) is 26.3 Å². The van der Waals surface area contributed by atoms with E-state index in [1.54, 1.807) is 22.9 Å². The predicted molar refractivity (Wildman–Crippen MR) is 148 cm³/mol. The normalized spacial score (nSPS) is 11.7. The number of anilines is 1. The van der Waals surface area contributed by atoms with E-state index >= 15 is 0 Å². The molecule has 0 aliphatic carbocycles. The van der Waals surface area contributed by atoms with E-state index < -0.39 is 5.82 Å². The van der Waals surface area contributed by atoms with E-state index in [1.807, 2.05) is 56.4 Å². The number of para-hydroxylation sites is 1. The average molecular weight is 560 g/mol. The molecule has 0 spiro atoms. The van der Waals surface area contributed by atoms with Crippen molar-refractivity contribution in [2.24, 2.45) is 5.10 Å². The largest absolute Gasteiger partial charge is 0.337 e. The maximum absolute atomic E-state index is 13.5. The number of hydrogen-bond donors (Lipinski definition) is 1. The van der Waals surface area contributed by atoms with Gasteiger partial charge in [-0.25, -0.2) is 9.37 Å². The maximum atomic E-state index is 13.5. The number of nitrogens with one attached hydrogen (secondary N) is 1. The molecule has 3 aromatic carbocycles. The van der Waals surface area contributed by atoms with Crippen LogP contribution in [-0.2, 0) is 11.3 Å². The number of aromatic nitrogens is 3. The minimum absolute atomic E-state index is 0.0214. The topological polar surface area (TPSA) is 81.3 Å². The summed E-state index contributed by atoms with van der Waals surface area (Å²) in [4.78, 5) is 30.7. The highest BCUT2D eigenvalue weighted by atomic mass is 79.9. The molecular weight excluding hydrogens is 537 g/mol. The van der Waals surface area contributed by atoms with Gasteiger partial charge in [-0.2, -0.15) is 9.78 Å². The molecule has 0 saturated heterocycles. The van der Waals surface area contributed by atoms with Gasteiger partial charge < -0.3 is 9.88 Å². The summed E-state index contributed by atoms with van der Waals surface area (Å²) in [5.74, 6) is -0.202. The minimum Gasteiger partial charge on any atom is -0.337 e. The Kier molecular flexibility index (Phi) is 6.71. The Morgan fingerprint density at radius 1 is 1.11 bits per heavy atom. The van der Waals surface area contributed by atoms with Crippen LogP contribution in [0.25, 0.3) is 21.8 Å². The number of carbonyl (C=O) groups excluding carboxylic acids is 1. The highest BCUT2D eigenvalue weighted by Gasteiger charge is 2.15. The molecule has 7 nitrogen and oxygen atoms in total. The van der Waals surface area contributed by atoms with E-state index in [0.717, 1.165) is 20.9 Å². The van der Waals surface area contributed by atoms with Gasteiger partial charge in [0.25, 0.3) is 5.56 Å². The van der Waals surface area contributed by atoms with Crippen LogP contribution in [0.5, 0.6) is 0 Å². The third-order valence-corrected chi connectivity index (χ3v) is 6.40. The van der Waals surface area contributed by atoms with Crippen LogP contribution < -0.4 is 10.9 Å². The van der Waals surface area contributed by atoms with E-state index in [1.165, 1.54) is 22.9 Å². The van der Waals surface area contributed by atoms with Crippen LogP contribution in [0.2, 0.25) is 0 Å². The van der Waals surface area contributed by atoms with Crippen LogP contribution in [0.15, 0.2) is 87.3 Å². The molecule has 186 valence electrons. The number of hydrogen-bond acceptors (Lipinski definition) is 4. The number of carbonyl (C=O) groups is 1. The van der Waals surface area contributed by atoms with Gasteiger partial charge in [-0.1, -0.05) is 54.0 Å². The zero-order valence-corrected chi connectivity index (χ0v) is 21.7. The minimum atomic E-state index is -0.422. The van der Waals surface area contributed by atoms with Crippen LogP contribution >= 0.6 is 15.9 Å². The van der Waals surface area contributed by atoms with E-state index in [2.05, 4.69) is 31.3 Å². The fourth-order valence-corrected chi connectivity index (χ4v) is 4.56. The molecule has 0 unspecified atom stereocenters. The van der Waals surface area contributed by atoms with Crippen molar-refractivity contribution < 1.29 is 9.18 Å². The molecule has 0 radical (unpaired) electrons. The number of rotatable bonds is 6. The highest BCUT2D eigenvalue weighted by Crippen LogP contribution is 2.22. The van der Waals surface area contributed by atoms with Crippen LogP contribution in [0.1, 0.15) is 31.2 Å². The number of amides is 1. The lowest BCUT2D eigenvalue weighted by molar-refractivity contribution is -0.116. The summed E-state index contributed by atoms with van der Waals surface area (Å²) in [6, 6.07) is 18.8. The zero-order valence-electron chi connectivity index (χ0n) is 20.2. The molecule has 0 atom stereocenters. The second-order valence-corrected chi connectivity index (χ2v) is 9.85. The molecule has 1 N–H and O–H groups in total. The van der Waals surface area contributed by atoms with Gasteiger partial charge in [0.05, 0.1) is 17.1 Å². The van der Waals surface area contributed by atoms with E-state index in [9.17, 15) is 14.0 Å². The molecule has 0 fully saturated rings. The van der Waals surface area contributed by atoms with Crippen molar-refractivity contribution >= 4 is 55.5 Å². The van der Waals surface area contributed by atoms with Crippen molar-refractivity contribution in [3.63, 3.8) is 0 Å². The van der Waals surface area contributed by atoms with Gasteiger partial charge in [-0.15, -0.1) is 0 Å². The van der Waals surface area contributed by atoms with E-state index in [0.29, 0.717) is 22.4 Å². The van der Waals surface area contributed by atoms with Crippen LogP contribution in [0.3, 0.4) is 0 Å². The first-order chi connectivity index (χ1) is 17.8. The van der Waals surface area contributed by atoms with Gasteiger partial charge in [0.15, 0.2) is 0 Å². The van der Waals surface area contributed by atoms with Crippen molar-refractivity contribution in [1.82, 2.24) is 14.2 Å². The summed E-state index contributed by atoms with van der Waals surface area (Å²) in [6.07, 6.45) is 3.42. The number of nitrogens with zero attached hydrogens (tertiary/aromatic N) is 4. The Balaban J connectivity index is 1.52. The Hall–Kier alpha value is -4.11. The van der Waals surface area contributed by atoms with Gasteiger partial charge in [-0.3, -0.25) is 9.59 Å². The number of benzene rings is 3. The van der Waals surface area contributed by atoms with Crippen molar-refractivity contribution in [2.75, 3.05) is 5.32 Å². The third kappa shape index (κ3) is 5.08. The monoisotopic (exact) mass is 559 g/mol. The summed E-state index contributed by atoms with van der Waals surface area (Å²) in [5.41, 5.74) is 2.31. The van der Waals surface area contributed by atoms with Crippen molar-refractivity contribution in [3.8, 4) is 0 Å². The molecular formula is C28H23BrFN5O2. The van der Waals surface area contributed by atoms with Crippen molar-refractivity contribution in [1.29, 1.82) is 0 Å². The summed E-state index contributed by atoms with van der Waals surface area (Å²) in [5, 5.41) is 8.60. The Morgan fingerprint density at radius 3 is 2.70 bits per heavy atom. The maximum Gasteiger partial charge on any atom is 0.282 e. The highest BCUT2D eigenvalue weighted by molar-refractivity contribution is 9.10. The summed E-state index contributed by atoms with van der Waals surface area (Å²) in [7, 11) is 0. The second-order valence-electron chi connectivity index (χ2n) is 8.94. The predicted octanol–water partition coefficient (Wildman–Crippen LogP) is 5.90. The fourth-order valence-electron chi connectivity index (χ4n) is 4.20. The van der Waals surface area contributed by atoms with Crippen LogP contribution in [-0.4, -0.2) is 26.3 Å². The number of halogens is 2. The second kappa shape index (κ2) is 10.1. The first-order valence-electron chi connectivity index (χ1n) is 11.7. The lowest BCUT2D eigenvalue weighted by atomic mass is 10.2. The molecule has 0 bridgehead atoms. The molecule has 0 aliphatic heterocycles. The smallest absolute Gasteiger partial charge is 0.282 e. The Bertz CT molecular complexity index is 1740. The summed E-state index contributed by atoms with van der Waals surface area (Å²) in [6.45, 7) is 3.94. The summed E-state index contributed by atoms with van der Waals surface area (Å²) >= 11 is 3.42. The number of fused-ring (bicyclic) bond motifs is 2. The fraction of sp³-hybridized carbons (Fsp3) is 0.143. The van der Waals surface area contributed by atoms with Crippen LogP contribution in [0, 0.1) is 5.82 Å². The molecule has 5 aromatic rings. The van der Waals surface area contributed by atoms with Gasteiger partial charge in [0.1, 0.15) is 18.2 Å². The molecule has 5 rings (SSSR count). The Morgan fingerprint density at radius 2 is 1.92 bits per heavy atom. The lowest BCUT2D eigenvalue weighted by Gasteiger charge is -2.11. The van der Waals surface area contributed by atoms with Gasteiger partial charge in [0, 0.05) is 38.7 Å². The zero-order chi connectivity index (χ0) is 26.1. The molecule has 2 aromatic heterocycles. The van der Waals surface area contributed by atoms with Gasteiger partial charge in [0.2, 0.25) is 5.91 Å². The Labute approximate surface area is 220 Å². The lowest BCUT2D eigenvalue weighted by Crippen LogP contribution is -2.23. The SMILES string of the molecule is CC(C)c1nc2ccc(Br)cc2c(=O)n1N=Cc1cn(CC(=O)Nc2cccc(F)c2)c2ccccc12. The summed E-state index contributed by atoms with van der Waals surface area (Å²) < 4.78 is 17.4. The van der Waals surface area contributed by atoms with E-state index in [4.69, 9.17) is 0 Å². The molecule has 9 heteroatoms. The van der Waals surface area contributed by atoms with Crippen molar-refractivity contribution in [3.05, 3.63) is 105 Å². The average Bonchev–Trinajstić information content (AvgIpc) is 3.20. The van der Waals surface area contributed by atoms with Gasteiger partial charge in [-0.05, 0) is 42.5 Å².